The number of aliphatic hydroxyl groups is 1. The number of carbonyl (C=O) groups excluding carboxylic acids is 2. The normalized spacial score (nSPS) is 27.9. The van der Waals surface area contributed by atoms with Crippen LogP contribution in [-0.4, -0.2) is 45.1 Å². The summed E-state index contributed by atoms with van der Waals surface area (Å²) in [5.41, 5.74) is 4.03. The topological polar surface area (TPSA) is 139 Å². The number of nitrogens with two attached hydrogens (primary N) is 1. The molecule has 26 heavy (non-hydrogen) atoms. The van der Waals surface area contributed by atoms with Gasteiger partial charge in [0.2, 0.25) is 5.91 Å². The molecule has 0 radical (unpaired) electrons. The van der Waals surface area contributed by atoms with Crippen molar-refractivity contribution in [3.8, 4) is 6.07 Å². The molecule has 0 aromatic carbocycles. The molecular weight excluding hydrogens is 356 g/mol. The summed E-state index contributed by atoms with van der Waals surface area (Å²) in [6, 6.07) is 5.51. The van der Waals surface area contributed by atoms with E-state index >= 15 is 0 Å². The van der Waals surface area contributed by atoms with Gasteiger partial charge in [-0.15, -0.1) is 0 Å². The van der Waals surface area contributed by atoms with Gasteiger partial charge in [-0.2, -0.15) is 5.26 Å². The molecule has 138 valence electrons. The first kappa shape index (κ1) is 19.9. The number of thioether (sulfide) groups is 1. The Kier molecular flexibility index (Phi) is 6.34. The summed E-state index contributed by atoms with van der Waals surface area (Å²) in [6.07, 6.45) is 3.09. The summed E-state index contributed by atoms with van der Waals surface area (Å²) in [5, 5.41) is 20.9. The van der Waals surface area contributed by atoms with Gasteiger partial charge in [0.15, 0.2) is 5.72 Å². The molecule has 0 bridgehead atoms. The maximum absolute atomic E-state index is 12.6. The van der Waals surface area contributed by atoms with Crippen molar-refractivity contribution in [2.45, 2.75) is 25.5 Å². The third kappa shape index (κ3) is 4.20. The highest BCUT2D eigenvalue weighted by Crippen LogP contribution is 2.45. The number of carbonyl (C=O) groups is 2. The summed E-state index contributed by atoms with van der Waals surface area (Å²) < 4.78 is 5.12. The van der Waals surface area contributed by atoms with E-state index in [0.29, 0.717) is 5.56 Å². The molecule has 3 N–H and O–H groups in total. The zero-order chi connectivity index (χ0) is 19.3. The van der Waals surface area contributed by atoms with Gasteiger partial charge < -0.3 is 15.6 Å². The predicted molar refractivity (Wildman–Crippen MR) is 95.9 cm³/mol. The second-order valence-corrected chi connectivity index (χ2v) is 6.94. The lowest BCUT2D eigenvalue weighted by molar-refractivity contribution is -0.159. The van der Waals surface area contributed by atoms with E-state index in [0.717, 1.165) is 11.8 Å². The maximum atomic E-state index is 12.6. The first-order valence-corrected chi connectivity index (χ1v) is 8.99. The first-order chi connectivity index (χ1) is 12.3. The van der Waals surface area contributed by atoms with Crippen molar-refractivity contribution in [1.29, 1.82) is 5.26 Å². The van der Waals surface area contributed by atoms with Gasteiger partial charge in [0.25, 0.3) is 0 Å². The molecule has 0 unspecified atom stereocenters. The number of aliphatic imine (C=N–C) groups is 1. The zero-order valence-electron chi connectivity index (χ0n) is 14.5. The molecule has 2 rings (SSSR count). The summed E-state index contributed by atoms with van der Waals surface area (Å²) >= 11 is 0.991. The number of ether oxygens (including phenoxy) is 1. The van der Waals surface area contributed by atoms with Crippen molar-refractivity contribution in [3.63, 3.8) is 0 Å². The van der Waals surface area contributed by atoms with Crippen LogP contribution < -0.4 is 5.73 Å². The van der Waals surface area contributed by atoms with E-state index in [1.165, 1.54) is 6.92 Å². The Morgan fingerprint density at radius 3 is 2.65 bits per heavy atom. The van der Waals surface area contributed by atoms with Crippen LogP contribution in [0.25, 0.3) is 0 Å². The van der Waals surface area contributed by atoms with Gasteiger partial charge in [0, 0.05) is 18.3 Å². The molecule has 0 fully saturated rings. The smallest absolute Gasteiger partial charge is 0.314 e. The van der Waals surface area contributed by atoms with Crippen LogP contribution in [0.4, 0.5) is 0 Å². The number of aromatic nitrogens is 1. The molecule has 0 aliphatic carbocycles. The fraction of sp³-hybridized carbons (Fsp3) is 0.471. The van der Waals surface area contributed by atoms with Gasteiger partial charge in [-0.05, 0) is 31.5 Å². The van der Waals surface area contributed by atoms with Crippen molar-refractivity contribution in [1.82, 2.24) is 4.98 Å². The van der Waals surface area contributed by atoms with Crippen LogP contribution in [0.1, 0.15) is 25.3 Å². The number of hydrogen-bond donors (Lipinski definition) is 2. The van der Waals surface area contributed by atoms with Crippen LogP contribution in [0.3, 0.4) is 0 Å². The van der Waals surface area contributed by atoms with Gasteiger partial charge in [0.05, 0.1) is 23.5 Å². The molecule has 1 aliphatic heterocycles. The molecule has 0 saturated carbocycles. The van der Waals surface area contributed by atoms with Crippen molar-refractivity contribution in [2.75, 3.05) is 12.4 Å². The summed E-state index contributed by atoms with van der Waals surface area (Å²) in [6.45, 7) is 3.19. The van der Waals surface area contributed by atoms with Crippen molar-refractivity contribution in [3.05, 3.63) is 30.1 Å². The quantitative estimate of drug-likeness (QED) is 0.725. The molecule has 2 heterocycles. The molecule has 0 spiro atoms. The van der Waals surface area contributed by atoms with Gasteiger partial charge in [-0.1, -0.05) is 11.8 Å². The highest BCUT2D eigenvalue weighted by molar-refractivity contribution is 8.14. The number of nitriles is 1. The van der Waals surface area contributed by atoms with Crippen LogP contribution in [-0.2, 0) is 14.3 Å². The minimum absolute atomic E-state index is 0.0831. The fourth-order valence-corrected chi connectivity index (χ4v) is 3.94. The lowest BCUT2D eigenvalue weighted by Gasteiger charge is -2.41. The standard InChI is InChI=1S/C17H20N4O4S/c1-3-25-16(23)14-13(10-4-6-20-7-5-10)11(8-18)15(21-17(14,2)24)26-9-12(19)22/h4-7,11,13-14,24H,3,9H2,1-2H3,(H2,19,22)/t11-,13-,14+,17-/m0/s1. The van der Waals surface area contributed by atoms with Crippen molar-refractivity contribution >= 4 is 28.7 Å². The minimum atomic E-state index is -1.80. The molecule has 1 aliphatic rings. The van der Waals surface area contributed by atoms with Crippen LogP contribution in [0.15, 0.2) is 29.5 Å². The molecule has 1 aromatic rings. The zero-order valence-corrected chi connectivity index (χ0v) is 15.3. The number of esters is 1. The highest BCUT2D eigenvalue weighted by Gasteiger charge is 2.52. The SMILES string of the molecule is CCOC(=O)[C@H]1[C@@H](c2ccncc2)[C@H](C#N)C(SCC(N)=O)=N[C@@]1(C)O. The number of amides is 1. The maximum Gasteiger partial charge on any atom is 0.314 e. The molecule has 1 amide bonds. The second kappa shape index (κ2) is 8.29. The molecule has 8 nitrogen and oxygen atoms in total. The monoisotopic (exact) mass is 376 g/mol. The lowest BCUT2D eigenvalue weighted by atomic mass is 9.71. The van der Waals surface area contributed by atoms with Gasteiger partial charge in [-0.25, -0.2) is 4.99 Å². The molecule has 1 aromatic heterocycles. The van der Waals surface area contributed by atoms with E-state index in [4.69, 9.17) is 10.5 Å². The summed E-state index contributed by atoms with van der Waals surface area (Å²) in [5.74, 6) is -3.90. The fourth-order valence-electron chi connectivity index (χ4n) is 3.02. The predicted octanol–water partition coefficient (Wildman–Crippen LogP) is 0.823. The van der Waals surface area contributed by atoms with E-state index in [2.05, 4.69) is 16.0 Å². The number of pyridine rings is 1. The van der Waals surface area contributed by atoms with E-state index < -0.39 is 35.4 Å². The minimum Gasteiger partial charge on any atom is -0.466 e. The van der Waals surface area contributed by atoms with E-state index in [-0.39, 0.29) is 17.4 Å². The van der Waals surface area contributed by atoms with Crippen LogP contribution in [0.5, 0.6) is 0 Å². The van der Waals surface area contributed by atoms with Crippen molar-refractivity contribution in [2.24, 2.45) is 22.6 Å². The third-order valence-corrected chi connectivity index (χ3v) is 5.11. The average Bonchev–Trinajstić information content (AvgIpc) is 2.59. The van der Waals surface area contributed by atoms with Gasteiger partial charge in [-0.3, -0.25) is 14.6 Å². The third-order valence-electron chi connectivity index (χ3n) is 4.04. The Morgan fingerprint density at radius 1 is 1.46 bits per heavy atom. The molecular formula is C17H20N4O4S. The Labute approximate surface area is 155 Å². The van der Waals surface area contributed by atoms with Crippen LogP contribution in [0, 0.1) is 23.2 Å². The number of primary amides is 1. The van der Waals surface area contributed by atoms with E-state index in [1.807, 2.05) is 0 Å². The Hall–Kier alpha value is -2.44. The number of hydrogen-bond acceptors (Lipinski definition) is 8. The molecule has 9 heteroatoms. The Morgan fingerprint density at radius 2 is 2.12 bits per heavy atom. The summed E-state index contributed by atoms with van der Waals surface area (Å²) in [4.78, 5) is 31.8. The number of rotatable bonds is 5. The molecule has 4 atom stereocenters. The number of nitrogens with zero attached hydrogens (tertiary/aromatic N) is 3. The van der Waals surface area contributed by atoms with Crippen LogP contribution in [0.2, 0.25) is 0 Å². The Bertz CT molecular complexity index is 745. The van der Waals surface area contributed by atoms with E-state index in [1.54, 1.807) is 31.5 Å². The Balaban J connectivity index is 2.56. The first-order valence-electron chi connectivity index (χ1n) is 8.01. The average molecular weight is 376 g/mol. The second-order valence-electron chi connectivity index (χ2n) is 5.94. The van der Waals surface area contributed by atoms with E-state index in [9.17, 15) is 20.0 Å². The van der Waals surface area contributed by atoms with Gasteiger partial charge >= 0.3 is 5.97 Å². The highest BCUT2D eigenvalue weighted by atomic mass is 32.2. The largest absolute Gasteiger partial charge is 0.466 e. The van der Waals surface area contributed by atoms with Crippen molar-refractivity contribution < 1.29 is 19.4 Å². The van der Waals surface area contributed by atoms with Crippen LogP contribution >= 0.6 is 11.8 Å². The lowest BCUT2D eigenvalue weighted by Crippen LogP contribution is -2.50. The van der Waals surface area contributed by atoms with Gasteiger partial charge in [0.1, 0.15) is 11.8 Å². The summed E-state index contributed by atoms with van der Waals surface area (Å²) in [7, 11) is 0. The molecule has 0 saturated heterocycles.